The van der Waals surface area contributed by atoms with E-state index in [1.807, 2.05) is 25.1 Å². The first-order valence-electron chi connectivity index (χ1n) is 4.58. The van der Waals surface area contributed by atoms with Crippen LogP contribution in [0.5, 0.6) is 0 Å². The smallest absolute Gasteiger partial charge is 0.155 e. The lowest BCUT2D eigenvalue weighted by molar-refractivity contribution is 0.536. The maximum atomic E-state index is 10.8. The molecule has 0 saturated heterocycles. The molecular formula is C11H14O2S. The van der Waals surface area contributed by atoms with E-state index in [1.54, 1.807) is 6.92 Å². The molecule has 0 spiro atoms. The van der Waals surface area contributed by atoms with Gasteiger partial charge in [0.25, 0.3) is 0 Å². The Balaban J connectivity index is 2.59. The molecule has 76 valence electrons. The molecule has 0 aliphatic carbocycles. The van der Waals surface area contributed by atoms with E-state index >= 15 is 0 Å². The van der Waals surface area contributed by atoms with Crippen molar-refractivity contribution in [2.24, 2.45) is 0 Å². The first-order chi connectivity index (χ1) is 6.61. The van der Waals surface area contributed by atoms with Crippen molar-refractivity contribution >= 4 is 11.1 Å². The van der Waals surface area contributed by atoms with Crippen molar-refractivity contribution in [1.82, 2.24) is 0 Å². The van der Waals surface area contributed by atoms with Crippen LogP contribution in [0.25, 0.3) is 0 Å². The largest absolute Gasteiger partial charge is 0.306 e. The fourth-order valence-corrected chi connectivity index (χ4v) is 1.84. The van der Waals surface area contributed by atoms with Crippen molar-refractivity contribution < 1.29 is 8.76 Å². The van der Waals surface area contributed by atoms with E-state index in [2.05, 4.69) is 12.1 Å². The third-order valence-electron chi connectivity index (χ3n) is 2.28. The highest BCUT2D eigenvalue weighted by molar-refractivity contribution is 7.79. The molecule has 0 fully saturated rings. The molecule has 3 heteroatoms. The summed E-state index contributed by atoms with van der Waals surface area (Å²) in [5.41, 5.74) is 1.14. The van der Waals surface area contributed by atoms with Crippen LogP contribution in [-0.2, 0) is 11.1 Å². The van der Waals surface area contributed by atoms with Gasteiger partial charge in [-0.15, -0.1) is 0 Å². The predicted octanol–water partition coefficient (Wildman–Crippen LogP) is 2.39. The number of hydrogen-bond acceptors (Lipinski definition) is 1. The van der Waals surface area contributed by atoms with Crippen LogP contribution in [0, 0.1) is 12.1 Å². The molecule has 0 aliphatic heterocycles. The van der Waals surface area contributed by atoms with Crippen LogP contribution in [0.15, 0.2) is 18.2 Å². The van der Waals surface area contributed by atoms with Crippen LogP contribution >= 0.6 is 0 Å². The minimum Gasteiger partial charge on any atom is -0.306 e. The topological polar surface area (TPSA) is 37.3 Å². The number of hydrogen-bond donors (Lipinski definition) is 1. The Morgan fingerprint density at radius 2 is 2.21 bits per heavy atom. The summed E-state index contributed by atoms with van der Waals surface area (Å²) in [5, 5.41) is -0.186. The summed E-state index contributed by atoms with van der Waals surface area (Å²) in [6.45, 7) is 3.83. The van der Waals surface area contributed by atoms with E-state index in [1.165, 1.54) is 0 Å². The molecule has 1 N–H and O–H groups in total. The van der Waals surface area contributed by atoms with E-state index in [0.29, 0.717) is 6.42 Å². The molecule has 0 heterocycles. The Morgan fingerprint density at radius 1 is 1.50 bits per heavy atom. The van der Waals surface area contributed by atoms with Crippen molar-refractivity contribution in [3.63, 3.8) is 0 Å². The monoisotopic (exact) mass is 210 g/mol. The molecule has 2 nitrogen and oxygen atoms in total. The summed E-state index contributed by atoms with van der Waals surface area (Å²) < 4.78 is 19.6. The minimum absolute atomic E-state index is 0.186. The molecular weight excluding hydrogens is 196 g/mol. The third-order valence-corrected chi connectivity index (χ3v) is 3.16. The van der Waals surface area contributed by atoms with E-state index in [0.717, 1.165) is 5.56 Å². The van der Waals surface area contributed by atoms with Crippen LogP contribution < -0.4 is 0 Å². The van der Waals surface area contributed by atoms with Gasteiger partial charge >= 0.3 is 0 Å². The second-order valence-corrected chi connectivity index (χ2v) is 4.85. The van der Waals surface area contributed by atoms with Gasteiger partial charge in [-0.1, -0.05) is 19.1 Å². The van der Waals surface area contributed by atoms with Gasteiger partial charge in [0.2, 0.25) is 0 Å². The van der Waals surface area contributed by atoms with E-state index in [-0.39, 0.29) is 11.2 Å². The van der Waals surface area contributed by atoms with Gasteiger partial charge < -0.3 is 4.55 Å². The number of rotatable bonds is 4. The molecule has 3 atom stereocenters. The van der Waals surface area contributed by atoms with Crippen LogP contribution in [0.3, 0.4) is 0 Å². The summed E-state index contributed by atoms with van der Waals surface area (Å²) in [6, 6.07) is 11.4. The maximum absolute atomic E-state index is 10.8. The highest BCUT2D eigenvalue weighted by atomic mass is 32.2. The average Bonchev–Trinajstić information content (AvgIpc) is 2.19. The molecule has 1 rings (SSSR count). The predicted molar refractivity (Wildman–Crippen MR) is 57.4 cm³/mol. The van der Waals surface area contributed by atoms with Gasteiger partial charge in [0.15, 0.2) is 11.1 Å². The van der Waals surface area contributed by atoms with Gasteiger partial charge in [-0.2, -0.15) is 0 Å². The molecule has 0 radical (unpaired) electrons. The Morgan fingerprint density at radius 3 is 2.71 bits per heavy atom. The normalized spacial score (nSPS) is 16.8. The van der Waals surface area contributed by atoms with Crippen molar-refractivity contribution in [2.75, 3.05) is 0 Å². The van der Waals surface area contributed by atoms with Crippen LogP contribution in [-0.4, -0.2) is 14.0 Å². The standard InChI is InChI=1S/C11H14O2S/c1-9(8-10(2)14(12)13)11-6-4-3-5-7-11/h4,6-7,9-10H,8H2,1-2H3,(H,12,13). The summed E-state index contributed by atoms with van der Waals surface area (Å²) in [7, 11) is 0. The lowest BCUT2D eigenvalue weighted by Crippen LogP contribution is -2.12. The van der Waals surface area contributed by atoms with Crippen molar-refractivity contribution in [3.8, 4) is 0 Å². The summed E-state index contributed by atoms with van der Waals surface area (Å²) in [6.07, 6.45) is 0.709. The van der Waals surface area contributed by atoms with Gasteiger partial charge in [-0.25, -0.2) is 4.21 Å². The van der Waals surface area contributed by atoms with Gasteiger partial charge in [-0.3, -0.25) is 0 Å². The second kappa shape index (κ2) is 5.14. The molecule has 0 aromatic heterocycles. The summed E-state index contributed by atoms with van der Waals surface area (Å²) >= 11 is -1.72. The molecule has 3 unspecified atom stereocenters. The Kier molecular flexibility index (Phi) is 4.12. The molecule has 0 saturated carbocycles. The summed E-state index contributed by atoms with van der Waals surface area (Å²) in [4.78, 5) is 0. The van der Waals surface area contributed by atoms with Crippen LogP contribution in [0.4, 0.5) is 0 Å². The highest BCUT2D eigenvalue weighted by Gasteiger charge is 2.14. The van der Waals surface area contributed by atoms with Crippen molar-refractivity contribution in [1.29, 1.82) is 0 Å². The zero-order valence-electron chi connectivity index (χ0n) is 8.36. The molecule has 0 amide bonds. The molecule has 1 aromatic carbocycles. The van der Waals surface area contributed by atoms with E-state index in [4.69, 9.17) is 4.55 Å². The first-order valence-corrected chi connectivity index (χ1v) is 5.75. The van der Waals surface area contributed by atoms with Gasteiger partial charge in [0.05, 0.1) is 5.25 Å². The van der Waals surface area contributed by atoms with Crippen LogP contribution in [0.2, 0.25) is 0 Å². The maximum Gasteiger partial charge on any atom is 0.155 e. The zero-order valence-corrected chi connectivity index (χ0v) is 9.17. The molecule has 1 aromatic rings. The van der Waals surface area contributed by atoms with Crippen LogP contribution in [0.1, 0.15) is 31.7 Å². The van der Waals surface area contributed by atoms with Gasteiger partial charge in [-0.05, 0) is 43.0 Å². The molecule has 0 aliphatic rings. The van der Waals surface area contributed by atoms with E-state index in [9.17, 15) is 4.21 Å². The zero-order chi connectivity index (χ0) is 10.6. The second-order valence-electron chi connectivity index (χ2n) is 3.49. The Bertz CT molecular complexity index is 297. The Hall–Kier alpha value is -0.850. The SMILES string of the molecule is CC(CC(C)S(=O)O)c1cc#ccc1. The minimum atomic E-state index is -1.72. The van der Waals surface area contributed by atoms with E-state index < -0.39 is 11.1 Å². The lowest BCUT2D eigenvalue weighted by Gasteiger charge is -2.13. The van der Waals surface area contributed by atoms with Crippen molar-refractivity contribution in [2.45, 2.75) is 31.4 Å². The molecule has 0 bridgehead atoms. The lowest BCUT2D eigenvalue weighted by atomic mass is 9.97. The average molecular weight is 210 g/mol. The summed E-state index contributed by atoms with van der Waals surface area (Å²) in [5.74, 6) is 0.284. The highest BCUT2D eigenvalue weighted by Crippen LogP contribution is 2.20. The van der Waals surface area contributed by atoms with Crippen molar-refractivity contribution in [3.05, 3.63) is 35.9 Å². The van der Waals surface area contributed by atoms with Gasteiger partial charge in [0.1, 0.15) is 0 Å². The fraction of sp³-hybridized carbons (Fsp3) is 0.455. The Labute approximate surface area is 87.6 Å². The molecule has 14 heavy (non-hydrogen) atoms. The van der Waals surface area contributed by atoms with Gasteiger partial charge in [0, 0.05) is 0 Å². The third kappa shape index (κ3) is 3.13. The fourth-order valence-electron chi connectivity index (χ4n) is 1.38. The first kappa shape index (κ1) is 11.2. The quantitative estimate of drug-likeness (QED) is 0.775.